The lowest BCUT2D eigenvalue weighted by Crippen LogP contribution is -2.49. The van der Waals surface area contributed by atoms with Crippen LogP contribution in [0.2, 0.25) is 0 Å². The average molecular weight is 348 g/mol. The number of nitrogens with zero attached hydrogens (tertiary/aromatic N) is 2. The number of amides is 1. The van der Waals surface area contributed by atoms with Crippen LogP contribution in [0.5, 0.6) is 0 Å². The van der Waals surface area contributed by atoms with Crippen molar-refractivity contribution in [2.24, 2.45) is 0 Å². The van der Waals surface area contributed by atoms with Gasteiger partial charge in [-0.1, -0.05) is 48.5 Å². The molecule has 1 atom stereocenters. The molecule has 0 N–H and O–H groups in total. The summed E-state index contributed by atoms with van der Waals surface area (Å²) in [4.78, 5) is 29.3. The first kappa shape index (κ1) is 16.5. The summed E-state index contributed by atoms with van der Waals surface area (Å²) in [5, 5.41) is 0.754. The second kappa shape index (κ2) is 6.77. The van der Waals surface area contributed by atoms with Gasteiger partial charge in [0, 0.05) is 25.0 Å². The van der Waals surface area contributed by atoms with Gasteiger partial charge in [0.2, 0.25) is 0 Å². The van der Waals surface area contributed by atoms with Gasteiger partial charge in [0.05, 0.1) is 6.04 Å². The van der Waals surface area contributed by atoms with Gasteiger partial charge in [0.1, 0.15) is 11.1 Å². The van der Waals surface area contributed by atoms with Crippen molar-refractivity contribution < 1.29 is 9.21 Å². The molecule has 0 spiro atoms. The van der Waals surface area contributed by atoms with Crippen molar-refractivity contribution in [1.82, 2.24) is 9.80 Å². The van der Waals surface area contributed by atoms with Crippen molar-refractivity contribution >= 4 is 16.9 Å². The second-order valence-corrected chi connectivity index (χ2v) is 6.64. The largest absolute Gasteiger partial charge is 0.422 e. The molecule has 2 aromatic carbocycles. The molecule has 1 saturated heterocycles. The second-order valence-electron chi connectivity index (χ2n) is 6.64. The van der Waals surface area contributed by atoms with Crippen LogP contribution in [0.15, 0.2) is 69.9 Å². The van der Waals surface area contributed by atoms with E-state index in [1.165, 1.54) is 0 Å². The number of carbonyl (C=O) groups is 1. The maximum Gasteiger partial charge on any atom is 0.349 e. The van der Waals surface area contributed by atoms with E-state index in [4.69, 9.17) is 4.42 Å². The molecule has 1 amide bonds. The van der Waals surface area contributed by atoms with Crippen LogP contribution in [0, 0.1) is 0 Å². The Morgan fingerprint density at radius 1 is 1.04 bits per heavy atom. The monoisotopic (exact) mass is 348 g/mol. The first-order valence-electron chi connectivity index (χ1n) is 8.71. The van der Waals surface area contributed by atoms with Crippen molar-refractivity contribution in [3.8, 4) is 0 Å². The fourth-order valence-corrected chi connectivity index (χ4v) is 3.47. The van der Waals surface area contributed by atoms with Crippen molar-refractivity contribution in [1.29, 1.82) is 0 Å². The van der Waals surface area contributed by atoms with Gasteiger partial charge >= 0.3 is 5.63 Å². The maximum absolute atomic E-state index is 13.0. The van der Waals surface area contributed by atoms with E-state index in [-0.39, 0.29) is 17.5 Å². The summed E-state index contributed by atoms with van der Waals surface area (Å²) in [6.45, 7) is 1.89. The van der Waals surface area contributed by atoms with Crippen molar-refractivity contribution in [2.45, 2.75) is 6.04 Å². The Labute approximate surface area is 151 Å². The summed E-state index contributed by atoms with van der Waals surface area (Å²) >= 11 is 0. The average Bonchev–Trinajstić information content (AvgIpc) is 2.68. The van der Waals surface area contributed by atoms with E-state index in [2.05, 4.69) is 24.1 Å². The highest BCUT2D eigenvalue weighted by molar-refractivity contribution is 5.96. The highest BCUT2D eigenvalue weighted by Crippen LogP contribution is 2.25. The highest BCUT2D eigenvalue weighted by atomic mass is 16.4. The summed E-state index contributed by atoms with van der Waals surface area (Å²) in [6, 6.07) is 19.1. The predicted octanol–water partition coefficient (Wildman–Crippen LogP) is 2.92. The smallest absolute Gasteiger partial charge is 0.349 e. The lowest BCUT2D eigenvalue weighted by atomic mass is 10.0. The van der Waals surface area contributed by atoms with E-state index in [0.29, 0.717) is 18.7 Å². The molecule has 3 aromatic rings. The van der Waals surface area contributed by atoms with Crippen molar-refractivity contribution in [3.05, 3.63) is 82.2 Å². The molecule has 0 radical (unpaired) electrons. The van der Waals surface area contributed by atoms with Crippen LogP contribution in [0.3, 0.4) is 0 Å². The van der Waals surface area contributed by atoms with Crippen molar-refractivity contribution in [2.75, 3.05) is 26.7 Å². The highest BCUT2D eigenvalue weighted by Gasteiger charge is 2.30. The van der Waals surface area contributed by atoms with Crippen LogP contribution in [-0.4, -0.2) is 42.4 Å². The number of carbonyl (C=O) groups excluding carboxylic acids is 1. The van der Waals surface area contributed by atoms with E-state index in [1.807, 2.05) is 30.3 Å². The Bertz CT molecular complexity index is 997. The number of para-hydroxylation sites is 1. The zero-order valence-electron chi connectivity index (χ0n) is 14.6. The SMILES string of the molecule is CN1CCN(C(=O)c2cc3ccccc3oc2=O)CC1c1ccccc1. The summed E-state index contributed by atoms with van der Waals surface area (Å²) in [5.74, 6) is -0.265. The van der Waals surface area contributed by atoms with Gasteiger partial charge in [-0.05, 0) is 24.7 Å². The van der Waals surface area contributed by atoms with Crippen LogP contribution in [0.1, 0.15) is 22.0 Å². The number of fused-ring (bicyclic) bond motifs is 1. The van der Waals surface area contributed by atoms with Gasteiger partial charge in [0.25, 0.3) is 5.91 Å². The third kappa shape index (κ3) is 3.02. The van der Waals surface area contributed by atoms with Gasteiger partial charge in [0.15, 0.2) is 0 Å². The van der Waals surface area contributed by atoms with Crippen LogP contribution in [-0.2, 0) is 0 Å². The number of benzene rings is 2. The number of likely N-dealkylation sites (N-methyl/N-ethyl adjacent to an activating group) is 1. The molecule has 1 unspecified atom stereocenters. The molecule has 5 nitrogen and oxygen atoms in total. The molecular weight excluding hydrogens is 328 g/mol. The maximum atomic E-state index is 13.0. The minimum absolute atomic E-state index is 0.0973. The zero-order valence-corrected chi connectivity index (χ0v) is 14.6. The third-order valence-corrected chi connectivity index (χ3v) is 4.99. The van der Waals surface area contributed by atoms with E-state index in [9.17, 15) is 9.59 Å². The zero-order chi connectivity index (χ0) is 18.1. The molecule has 1 aromatic heterocycles. The number of piperazine rings is 1. The molecule has 0 saturated carbocycles. The topological polar surface area (TPSA) is 53.8 Å². The predicted molar refractivity (Wildman–Crippen MR) is 100 cm³/mol. The van der Waals surface area contributed by atoms with Gasteiger partial charge < -0.3 is 9.32 Å². The summed E-state index contributed by atoms with van der Waals surface area (Å²) in [6.07, 6.45) is 0. The molecule has 1 aliphatic heterocycles. The lowest BCUT2D eigenvalue weighted by molar-refractivity contribution is 0.0542. The van der Waals surface area contributed by atoms with E-state index in [0.717, 1.165) is 17.5 Å². The first-order chi connectivity index (χ1) is 12.6. The number of rotatable bonds is 2. The fraction of sp³-hybridized carbons (Fsp3) is 0.238. The molecule has 1 fully saturated rings. The molecule has 132 valence electrons. The van der Waals surface area contributed by atoms with Gasteiger partial charge in [-0.25, -0.2) is 4.79 Å². The van der Waals surface area contributed by atoms with Crippen LogP contribution >= 0.6 is 0 Å². The van der Waals surface area contributed by atoms with Gasteiger partial charge in [-0.2, -0.15) is 0 Å². The van der Waals surface area contributed by atoms with Crippen LogP contribution in [0.4, 0.5) is 0 Å². The molecule has 0 aliphatic carbocycles. The van der Waals surface area contributed by atoms with Crippen molar-refractivity contribution in [3.63, 3.8) is 0 Å². The quantitative estimate of drug-likeness (QED) is 0.668. The molecule has 0 bridgehead atoms. The molecular formula is C21H20N2O3. The normalized spacial score (nSPS) is 18.2. The van der Waals surface area contributed by atoms with Crippen LogP contribution in [0.25, 0.3) is 11.0 Å². The Balaban J connectivity index is 1.64. The van der Waals surface area contributed by atoms with E-state index < -0.39 is 5.63 Å². The summed E-state index contributed by atoms with van der Waals surface area (Å²) < 4.78 is 5.32. The Kier molecular flexibility index (Phi) is 4.31. The third-order valence-electron chi connectivity index (χ3n) is 4.99. The molecule has 2 heterocycles. The standard InChI is InChI=1S/C21H20N2O3/c1-22-11-12-23(14-18(22)15-7-3-2-4-8-15)20(24)17-13-16-9-5-6-10-19(16)26-21(17)25/h2-10,13,18H,11-12,14H2,1H3. The Morgan fingerprint density at radius 2 is 1.77 bits per heavy atom. The lowest BCUT2D eigenvalue weighted by Gasteiger charge is -2.39. The van der Waals surface area contributed by atoms with Gasteiger partial charge in [-0.15, -0.1) is 0 Å². The summed E-state index contributed by atoms with van der Waals surface area (Å²) in [5.41, 5.74) is 1.18. The summed E-state index contributed by atoms with van der Waals surface area (Å²) in [7, 11) is 2.06. The molecule has 4 rings (SSSR count). The minimum Gasteiger partial charge on any atom is -0.422 e. The van der Waals surface area contributed by atoms with Crippen LogP contribution < -0.4 is 5.63 Å². The molecule has 1 aliphatic rings. The minimum atomic E-state index is -0.580. The molecule has 26 heavy (non-hydrogen) atoms. The number of hydrogen-bond donors (Lipinski definition) is 0. The van der Waals surface area contributed by atoms with Gasteiger partial charge in [-0.3, -0.25) is 9.69 Å². The molecule has 5 heteroatoms. The number of hydrogen-bond acceptors (Lipinski definition) is 4. The fourth-order valence-electron chi connectivity index (χ4n) is 3.47. The Hall–Kier alpha value is -2.92. The Morgan fingerprint density at radius 3 is 2.58 bits per heavy atom. The van der Waals surface area contributed by atoms with E-state index >= 15 is 0 Å². The van der Waals surface area contributed by atoms with E-state index in [1.54, 1.807) is 23.1 Å². The first-order valence-corrected chi connectivity index (χ1v) is 8.71.